The Kier molecular flexibility index (Phi) is 8.78. The third-order valence-electron chi connectivity index (χ3n) is 10.9. The van der Waals surface area contributed by atoms with E-state index in [0.717, 1.165) is 75.4 Å². The summed E-state index contributed by atoms with van der Waals surface area (Å²) in [6.07, 6.45) is 12.2. The van der Waals surface area contributed by atoms with Gasteiger partial charge < -0.3 is 19.7 Å². The molecule has 0 spiro atoms. The molecule has 4 aromatic rings. The first-order valence-electron chi connectivity index (χ1n) is 17.8. The standard InChI is InChI=1S/C38H43N9O3/c1-44-19-14-39-35(44)29-21-40-38(41-22-29)42-30-12-17-46(18-13-30)31-5-2-25(3-6-31)23-45-15-10-26(11-16-45)27-4-7-32-28(20-27)24-47(37(32)50)33-8-9-34(48)43-36(33)49/h2-7,14,19-22,26,30,33H,8-13,15-18,23-24H2,1H3,(H,40,41,42)(H,43,48,49). The number of likely N-dealkylation sites (tertiary alicyclic amines) is 1. The molecule has 3 fully saturated rings. The molecule has 0 radical (unpaired) electrons. The van der Waals surface area contributed by atoms with E-state index in [1.54, 1.807) is 11.1 Å². The third kappa shape index (κ3) is 6.59. The van der Waals surface area contributed by atoms with Crippen molar-refractivity contribution in [3.63, 3.8) is 0 Å². The number of carbonyl (C=O) groups excluding carboxylic acids is 3. The number of fused-ring (bicyclic) bond motifs is 1. The summed E-state index contributed by atoms with van der Waals surface area (Å²) in [5, 5.41) is 5.90. The highest BCUT2D eigenvalue weighted by Gasteiger charge is 2.39. The number of carbonyl (C=O) groups is 3. The predicted octanol–water partition coefficient (Wildman–Crippen LogP) is 4.10. The lowest BCUT2D eigenvalue weighted by Gasteiger charge is -2.34. The van der Waals surface area contributed by atoms with Crippen molar-refractivity contribution in [3.05, 3.63) is 89.5 Å². The Labute approximate surface area is 291 Å². The van der Waals surface area contributed by atoms with E-state index in [4.69, 9.17) is 0 Å². The summed E-state index contributed by atoms with van der Waals surface area (Å²) in [6.45, 7) is 5.40. The summed E-state index contributed by atoms with van der Waals surface area (Å²) in [4.78, 5) is 57.2. The summed E-state index contributed by atoms with van der Waals surface area (Å²) >= 11 is 0. The van der Waals surface area contributed by atoms with Crippen LogP contribution in [0, 0.1) is 0 Å². The summed E-state index contributed by atoms with van der Waals surface area (Å²) in [5.74, 6) is 1.23. The van der Waals surface area contributed by atoms with Crippen molar-refractivity contribution in [3.8, 4) is 11.4 Å². The Bertz CT molecular complexity index is 1870. The largest absolute Gasteiger partial charge is 0.371 e. The maximum Gasteiger partial charge on any atom is 0.255 e. The van der Waals surface area contributed by atoms with Crippen LogP contribution in [0.2, 0.25) is 0 Å². The number of imide groups is 1. The highest BCUT2D eigenvalue weighted by Crippen LogP contribution is 2.34. The van der Waals surface area contributed by atoms with Gasteiger partial charge >= 0.3 is 0 Å². The molecule has 1 atom stereocenters. The highest BCUT2D eigenvalue weighted by atomic mass is 16.2. The number of nitrogens with one attached hydrogen (secondary N) is 2. The number of nitrogens with zero attached hydrogens (tertiary/aromatic N) is 7. The summed E-state index contributed by atoms with van der Waals surface area (Å²) in [6, 6.07) is 15.0. The number of hydrogen-bond donors (Lipinski definition) is 2. The lowest BCUT2D eigenvalue weighted by molar-refractivity contribution is -0.136. The molecule has 6 heterocycles. The smallest absolute Gasteiger partial charge is 0.255 e. The number of anilines is 2. The van der Waals surface area contributed by atoms with Gasteiger partial charge in [0, 0.05) is 81.7 Å². The van der Waals surface area contributed by atoms with E-state index in [-0.39, 0.29) is 24.1 Å². The number of piperidine rings is 3. The van der Waals surface area contributed by atoms with Gasteiger partial charge in [0.2, 0.25) is 17.8 Å². The van der Waals surface area contributed by atoms with Crippen LogP contribution in [0.3, 0.4) is 0 Å². The van der Waals surface area contributed by atoms with Crippen molar-refractivity contribution in [1.82, 2.24) is 34.6 Å². The molecule has 50 heavy (non-hydrogen) atoms. The number of amides is 3. The Morgan fingerprint density at radius 1 is 0.880 bits per heavy atom. The van der Waals surface area contributed by atoms with Crippen LogP contribution in [0.1, 0.15) is 71.5 Å². The van der Waals surface area contributed by atoms with Crippen molar-refractivity contribution in [2.75, 3.05) is 36.4 Å². The minimum Gasteiger partial charge on any atom is -0.371 e. The van der Waals surface area contributed by atoms with Gasteiger partial charge in [-0.15, -0.1) is 0 Å². The monoisotopic (exact) mass is 673 g/mol. The topological polar surface area (TPSA) is 129 Å². The Hall–Kier alpha value is -5.10. The fraction of sp³-hybridized carbons (Fsp3) is 0.421. The number of hydrogen-bond acceptors (Lipinski definition) is 9. The molecule has 2 N–H and O–H groups in total. The quantitative estimate of drug-likeness (QED) is 0.266. The van der Waals surface area contributed by atoms with Gasteiger partial charge in [0.15, 0.2) is 0 Å². The summed E-state index contributed by atoms with van der Waals surface area (Å²) in [5.41, 5.74) is 6.45. The zero-order valence-electron chi connectivity index (χ0n) is 28.4. The van der Waals surface area contributed by atoms with Crippen molar-refractivity contribution in [2.24, 2.45) is 7.05 Å². The SMILES string of the molecule is Cn1ccnc1-c1cnc(NC2CCN(c3ccc(CN4CCC(c5ccc6c(c5)CN(C5CCC(=O)NC5=O)C6=O)CC4)cc3)CC2)nc1. The zero-order chi connectivity index (χ0) is 34.2. The molecule has 3 amide bonds. The number of benzene rings is 2. The van der Waals surface area contributed by atoms with Crippen LogP contribution >= 0.6 is 0 Å². The summed E-state index contributed by atoms with van der Waals surface area (Å²) in [7, 11) is 1.96. The first-order valence-corrected chi connectivity index (χ1v) is 17.8. The predicted molar refractivity (Wildman–Crippen MR) is 189 cm³/mol. The molecule has 3 saturated heterocycles. The van der Waals surface area contributed by atoms with Gasteiger partial charge in [0.05, 0.1) is 5.56 Å². The lowest BCUT2D eigenvalue weighted by atomic mass is 9.87. The normalized spacial score (nSPS) is 20.7. The molecule has 0 aliphatic carbocycles. The molecule has 2 aromatic carbocycles. The van der Waals surface area contributed by atoms with E-state index in [9.17, 15) is 14.4 Å². The molecule has 12 nitrogen and oxygen atoms in total. The Morgan fingerprint density at radius 3 is 2.34 bits per heavy atom. The average molecular weight is 674 g/mol. The van der Waals surface area contributed by atoms with E-state index >= 15 is 0 Å². The fourth-order valence-electron chi connectivity index (χ4n) is 7.97. The lowest BCUT2D eigenvalue weighted by Crippen LogP contribution is -2.52. The van der Waals surface area contributed by atoms with E-state index in [0.29, 0.717) is 36.4 Å². The second-order valence-electron chi connectivity index (χ2n) is 14.1. The first-order chi connectivity index (χ1) is 24.4. The number of aryl methyl sites for hydroxylation is 1. The van der Waals surface area contributed by atoms with Gasteiger partial charge in [-0.25, -0.2) is 15.0 Å². The zero-order valence-corrected chi connectivity index (χ0v) is 28.4. The first kappa shape index (κ1) is 32.1. The van der Waals surface area contributed by atoms with Crippen molar-refractivity contribution in [1.29, 1.82) is 0 Å². The van der Waals surface area contributed by atoms with Crippen LogP contribution in [0.15, 0.2) is 67.3 Å². The minimum absolute atomic E-state index is 0.113. The van der Waals surface area contributed by atoms with Gasteiger partial charge in [-0.05, 0) is 86.0 Å². The van der Waals surface area contributed by atoms with E-state index in [1.807, 2.05) is 36.3 Å². The van der Waals surface area contributed by atoms with Gasteiger partial charge in [-0.1, -0.05) is 24.3 Å². The van der Waals surface area contributed by atoms with Crippen molar-refractivity contribution < 1.29 is 14.4 Å². The van der Waals surface area contributed by atoms with Gasteiger partial charge in [-0.3, -0.25) is 24.6 Å². The third-order valence-corrected chi connectivity index (χ3v) is 10.9. The van der Waals surface area contributed by atoms with Crippen LogP contribution in [0.25, 0.3) is 11.4 Å². The van der Waals surface area contributed by atoms with Crippen LogP contribution in [-0.4, -0.2) is 85.3 Å². The van der Waals surface area contributed by atoms with Crippen LogP contribution in [0.4, 0.5) is 11.6 Å². The molecule has 12 heteroatoms. The Balaban J connectivity index is 0.791. The summed E-state index contributed by atoms with van der Waals surface area (Å²) < 4.78 is 1.96. The number of imidazole rings is 1. The average Bonchev–Trinajstić information content (AvgIpc) is 3.71. The molecule has 1 unspecified atom stereocenters. The Morgan fingerprint density at radius 2 is 1.64 bits per heavy atom. The van der Waals surface area contributed by atoms with E-state index < -0.39 is 6.04 Å². The van der Waals surface area contributed by atoms with Crippen molar-refractivity contribution in [2.45, 2.75) is 69.6 Å². The molecule has 258 valence electrons. The minimum atomic E-state index is -0.577. The molecular weight excluding hydrogens is 630 g/mol. The molecule has 8 rings (SSSR count). The number of rotatable bonds is 8. The molecular formula is C38H43N9O3. The van der Waals surface area contributed by atoms with Gasteiger partial charge in [-0.2, -0.15) is 0 Å². The molecule has 0 saturated carbocycles. The van der Waals surface area contributed by atoms with E-state index in [2.05, 4.69) is 71.8 Å². The maximum atomic E-state index is 13.1. The second-order valence-corrected chi connectivity index (χ2v) is 14.1. The van der Waals surface area contributed by atoms with Gasteiger partial charge in [0.25, 0.3) is 5.91 Å². The molecule has 2 aromatic heterocycles. The van der Waals surface area contributed by atoms with Crippen LogP contribution < -0.4 is 15.5 Å². The van der Waals surface area contributed by atoms with E-state index in [1.165, 1.54) is 16.8 Å². The molecule has 4 aliphatic rings. The van der Waals surface area contributed by atoms with Crippen molar-refractivity contribution >= 4 is 29.4 Å². The van der Waals surface area contributed by atoms with Crippen LogP contribution in [-0.2, 0) is 29.7 Å². The van der Waals surface area contributed by atoms with Crippen LogP contribution in [0.5, 0.6) is 0 Å². The van der Waals surface area contributed by atoms with Gasteiger partial charge in [0.1, 0.15) is 11.9 Å². The molecule has 4 aliphatic heterocycles. The fourth-order valence-corrected chi connectivity index (χ4v) is 7.97. The highest BCUT2D eigenvalue weighted by molar-refractivity contribution is 6.05. The maximum absolute atomic E-state index is 13.1. The second kappa shape index (κ2) is 13.7. The molecule has 0 bridgehead atoms. The number of aromatic nitrogens is 4.